The summed E-state index contributed by atoms with van der Waals surface area (Å²) >= 11 is 0. The second-order valence-corrected chi connectivity index (χ2v) is 5.41. The summed E-state index contributed by atoms with van der Waals surface area (Å²) < 4.78 is 11.4. The minimum atomic E-state index is -1.17. The Hall–Kier alpha value is -3.36. The molecule has 1 aromatic carbocycles. The van der Waals surface area contributed by atoms with Gasteiger partial charge < -0.3 is 19.9 Å². The van der Waals surface area contributed by atoms with Crippen LogP contribution in [0.25, 0.3) is 11.3 Å². The summed E-state index contributed by atoms with van der Waals surface area (Å²) in [7, 11) is 3.02. The Morgan fingerprint density at radius 3 is 2.50 bits per heavy atom. The van der Waals surface area contributed by atoms with Crippen LogP contribution in [0.1, 0.15) is 6.92 Å². The van der Waals surface area contributed by atoms with Gasteiger partial charge in [0.05, 0.1) is 19.9 Å². The Kier molecular flexibility index (Phi) is 5.94. The lowest BCUT2D eigenvalue weighted by atomic mass is 10.1. The van der Waals surface area contributed by atoms with E-state index in [1.54, 1.807) is 18.2 Å². The fraction of sp³-hybridized carbons (Fsp3) is 0.294. The summed E-state index contributed by atoms with van der Waals surface area (Å²) in [6.45, 7) is 0.939. The van der Waals surface area contributed by atoms with E-state index in [2.05, 4.69) is 10.4 Å². The van der Waals surface area contributed by atoms with Gasteiger partial charge in [0.15, 0.2) is 11.5 Å². The van der Waals surface area contributed by atoms with E-state index < -0.39 is 30.0 Å². The maximum atomic E-state index is 11.9. The predicted molar refractivity (Wildman–Crippen MR) is 92.3 cm³/mol. The Morgan fingerprint density at radius 1 is 1.19 bits per heavy atom. The van der Waals surface area contributed by atoms with Gasteiger partial charge in [-0.1, -0.05) is 0 Å². The van der Waals surface area contributed by atoms with Crippen LogP contribution >= 0.6 is 0 Å². The number of aliphatic carboxylic acids is 1. The lowest BCUT2D eigenvalue weighted by molar-refractivity contribution is -0.141. The van der Waals surface area contributed by atoms with Gasteiger partial charge in [-0.15, -0.1) is 0 Å². The van der Waals surface area contributed by atoms with E-state index in [9.17, 15) is 14.4 Å². The molecule has 138 valence electrons. The number of methoxy groups -OCH3 is 2. The van der Waals surface area contributed by atoms with Crippen molar-refractivity contribution in [1.29, 1.82) is 0 Å². The largest absolute Gasteiger partial charge is 0.493 e. The third-order valence-corrected chi connectivity index (χ3v) is 3.59. The normalized spacial score (nSPS) is 11.5. The summed E-state index contributed by atoms with van der Waals surface area (Å²) in [5.41, 5.74) is 0.632. The van der Waals surface area contributed by atoms with Gasteiger partial charge in [0.25, 0.3) is 5.56 Å². The van der Waals surface area contributed by atoms with Crippen LogP contribution < -0.4 is 20.3 Å². The minimum Gasteiger partial charge on any atom is -0.493 e. The molecule has 1 amide bonds. The van der Waals surface area contributed by atoms with Crippen LogP contribution in [0.15, 0.2) is 35.1 Å². The van der Waals surface area contributed by atoms with Crippen molar-refractivity contribution >= 4 is 11.9 Å². The van der Waals surface area contributed by atoms with Crippen LogP contribution in [0, 0.1) is 0 Å². The lowest BCUT2D eigenvalue weighted by Crippen LogP contribution is -2.41. The standard InChI is InChI=1S/C17H19N3O6/c1-10(17(23)24)18-15(21)9-20-16(22)7-5-12(19-20)11-4-6-13(25-2)14(8-11)26-3/h4-8,10H,9H2,1-3H3,(H,18,21)(H,23,24)/t10-/m1/s1. The second-order valence-electron chi connectivity index (χ2n) is 5.41. The van der Waals surface area contributed by atoms with Crippen molar-refractivity contribution in [3.63, 3.8) is 0 Å². The molecular formula is C17H19N3O6. The van der Waals surface area contributed by atoms with E-state index in [-0.39, 0.29) is 0 Å². The number of ether oxygens (including phenoxy) is 2. The molecule has 2 N–H and O–H groups in total. The van der Waals surface area contributed by atoms with Crippen LogP contribution in [0.2, 0.25) is 0 Å². The summed E-state index contributed by atoms with van der Waals surface area (Å²) in [6.07, 6.45) is 0. The molecule has 0 bridgehead atoms. The highest BCUT2D eigenvalue weighted by Crippen LogP contribution is 2.31. The molecule has 0 spiro atoms. The Bertz CT molecular complexity index is 877. The first-order valence-electron chi connectivity index (χ1n) is 7.68. The molecule has 0 radical (unpaired) electrons. The third kappa shape index (κ3) is 4.38. The summed E-state index contributed by atoms with van der Waals surface area (Å²) in [6, 6.07) is 6.89. The number of carboxylic acid groups (broad SMARTS) is 1. The van der Waals surface area contributed by atoms with E-state index in [0.29, 0.717) is 22.8 Å². The number of benzene rings is 1. The number of carbonyl (C=O) groups is 2. The molecule has 0 aliphatic rings. The van der Waals surface area contributed by atoms with Crippen molar-refractivity contribution in [3.05, 3.63) is 40.7 Å². The summed E-state index contributed by atoms with van der Waals surface area (Å²) in [5.74, 6) is -0.749. The van der Waals surface area contributed by atoms with Crippen molar-refractivity contribution < 1.29 is 24.2 Å². The van der Waals surface area contributed by atoms with Crippen LogP contribution in [-0.4, -0.2) is 47.0 Å². The third-order valence-electron chi connectivity index (χ3n) is 3.59. The van der Waals surface area contributed by atoms with Gasteiger partial charge in [-0.25, -0.2) is 4.68 Å². The highest BCUT2D eigenvalue weighted by Gasteiger charge is 2.15. The molecule has 0 fully saturated rings. The number of carbonyl (C=O) groups excluding carboxylic acids is 1. The zero-order valence-corrected chi connectivity index (χ0v) is 14.6. The quantitative estimate of drug-likeness (QED) is 0.737. The summed E-state index contributed by atoms with van der Waals surface area (Å²) in [5, 5.41) is 15.3. The van der Waals surface area contributed by atoms with Crippen LogP contribution in [0.3, 0.4) is 0 Å². The molecule has 0 saturated carbocycles. The molecule has 0 aliphatic heterocycles. The second kappa shape index (κ2) is 8.15. The van der Waals surface area contributed by atoms with E-state index in [1.165, 1.54) is 33.3 Å². The molecule has 1 heterocycles. The SMILES string of the molecule is COc1ccc(-c2ccc(=O)n(CC(=O)N[C@H](C)C(=O)O)n2)cc1OC. The fourth-order valence-electron chi connectivity index (χ4n) is 2.20. The van der Waals surface area contributed by atoms with Crippen molar-refractivity contribution in [3.8, 4) is 22.8 Å². The molecule has 0 saturated heterocycles. The number of rotatable bonds is 7. The van der Waals surface area contributed by atoms with Crippen LogP contribution in [0.5, 0.6) is 11.5 Å². The highest BCUT2D eigenvalue weighted by atomic mass is 16.5. The van der Waals surface area contributed by atoms with Gasteiger partial charge in [-0.3, -0.25) is 14.4 Å². The number of nitrogens with zero attached hydrogens (tertiary/aromatic N) is 2. The Balaban J connectivity index is 2.28. The average Bonchev–Trinajstić information content (AvgIpc) is 2.62. The molecule has 0 aliphatic carbocycles. The molecule has 26 heavy (non-hydrogen) atoms. The van der Waals surface area contributed by atoms with Gasteiger partial charge in [0, 0.05) is 11.6 Å². The first kappa shape index (κ1) is 19.0. The van der Waals surface area contributed by atoms with Gasteiger partial charge in [0.1, 0.15) is 12.6 Å². The lowest BCUT2D eigenvalue weighted by Gasteiger charge is -2.12. The number of carboxylic acids is 1. The molecular weight excluding hydrogens is 342 g/mol. The Labute approximate surface area is 149 Å². The van der Waals surface area contributed by atoms with Crippen molar-refractivity contribution in [2.45, 2.75) is 19.5 Å². The minimum absolute atomic E-state index is 0.391. The maximum Gasteiger partial charge on any atom is 0.325 e. The topological polar surface area (TPSA) is 120 Å². The zero-order chi connectivity index (χ0) is 19.3. The molecule has 9 heteroatoms. The molecule has 2 aromatic rings. The summed E-state index contributed by atoms with van der Waals surface area (Å²) in [4.78, 5) is 34.6. The van der Waals surface area contributed by atoms with Crippen molar-refractivity contribution in [1.82, 2.24) is 15.1 Å². The van der Waals surface area contributed by atoms with E-state index >= 15 is 0 Å². The van der Waals surface area contributed by atoms with E-state index in [0.717, 1.165) is 4.68 Å². The maximum absolute atomic E-state index is 11.9. The number of amides is 1. The monoisotopic (exact) mass is 361 g/mol. The molecule has 9 nitrogen and oxygen atoms in total. The number of nitrogens with one attached hydrogen (secondary N) is 1. The number of aromatic nitrogens is 2. The van der Waals surface area contributed by atoms with Gasteiger partial charge in [-0.05, 0) is 31.2 Å². The van der Waals surface area contributed by atoms with Gasteiger partial charge >= 0.3 is 5.97 Å². The average molecular weight is 361 g/mol. The first-order chi connectivity index (χ1) is 12.3. The number of hydrogen-bond donors (Lipinski definition) is 2. The molecule has 1 atom stereocenters. The van der Waals surface area contributed by atoms with Crippen molar-refractivity contribution in [2.75, 3.05) is 14.2 Å². The number of hydrogen-bond acceptors (Lipinski definition) is 6. The van der Waals surface area contributed by atoms with Crippen LogP contribution in [0.4, 0.5) is 0 Å². The Morgan fingerprint density at radius 2 is 1.88 bits per heavy atom. The molecule has 0 unspecified atom stereocenters. The smallest absolute Gasteiger partial charge is 0.325 e. The van der Waals surface area contributed by atoms with E-state index in [1.807, 2.05) is 0 Å². The predicted octanol–water partition coefficient (Wildman–Crippen LogP) is 0.517. The first-order valence-corrected chi connectivity index (χ1v) is 7.68. The van der Waals surface area contributed by atoms with E-state index in [4.69, 9.17) is 14.6 Å². The zero-order valence-electron chi connectivity index (χ0n) is 14.6. The van der Waals surface area contributed by atoms with Gasteiger partial charge in [0.2, 0.25) is 5.91 Å². The molecule has 1 aromatic heterocycles. The molecule has 2 rings (SSSR count). The van der Waals surface area contributed by atoms with Crippen molar-refractivity contribution in [2.24, 2.45) is 0 Å². The fourth-order valence-corrected chi connectivity index (χ4v) is 2.20. The van der Waals surface area contributed by atoms with Crippen LogP contribution in [-0.2, 0) is 16.1 Å². The highest BCUT2D eigenvalue weighted by molar-refractivity contribution is 5.83. The van der Waals surface area contributed by atoms with Gasteiger partial charge in [-0.2, -0.15) is 5.10 Å².